The number of rotatable bonds is 10. The van der Waals surface area contributed by atoms with Crippen molar-refractivity contribution in [3.8, 4) is 0 Å². The molecule has 4 rings (SSSR count). The van der Waals surface area contributed by atoms with Gasteiger partial charge in [0.1, 0.15) is 24.1 Å². The minimum atomic E-state index is -2.39. The van der Waals surface area contributed by atoms with Gasteiger partial charge in [-0.3, -0.25) is 28.8 Å². The molecule has 1 saturated carbocycles. The van der Waals surface area contributed by atoms with Gasteiger partial charge in [0.2, 0.25) is 5.79 Å². The molecular formula is C54H83NO15. The summed E-state index contributed by atoms with van der Waals surface area (Å²) >= 11 is 0. The number of fused-ring (bicyclic) bond motifs is 4. The smallest absolute Gasteiger partial charge is 0.311 e. The number of hydrogen-bond acceptors (Lipinski definition) is 14. The molecule has 4 bridgehead atoms. The number of carbonyl (C=O) groups is 6. The van der Waals surface area contributed by atoms with Gasteiger partial charge in [-0.15, -0.1) is 0 Å². The van der Waals surface area contributed by atoms with Crippen LogP contribution >= 0.6 is 0 Å². The fourth-order valence-corrected chi connectivity index (χ4v) is 10.6. The Hall–Kier alpha value is -3.90. The summed E-state index contributed by atoms with van der Waals surface area (Å²) in [4.78, 5) is 82.6. The zero-order chi connectivity index (χ0) is 51.9. The monoisotopic (exact) mass is 986 g/mol. The van der Waals surface area contributed by atoms with E-state index in [1.54, 1.807) is 41.1 Å². The number of allylic oxidation sites excluding steroid dienone is 6. The summed E-state index contributed by atoms with van der Waals surface area (Å²) in [5.41, 5.74) is 1.26. The number of carboxylic acid groups (broad SMARTS) is 1. The lowest BCUT2D eigenvalue weighted by atomic mass is 9.78. The maximum atomic E-state index is 14.2. The third kappa shape index (κ3) is 16.3. The standard InChI is InChI=1S/C54H83NO15/c1-32-15-12-11-13-16-33(2)44(65-8)29-41-20-18-38(7)54(64,70-41)51(61)52(62)55-23-14-17-40(31-55)53(63)69-45(35(4)27-39-19-21-43(46(28-39)66-9)68-24-22-47(57)58)30-42(56)34(3)26-37(6)49(60)50(67-10)48(59)36(5)25-32/h11-13,15-16,26,32,34-36,38-41,43-46,49-50,60,64H,14,17-25,27-31H2,1-10H3,(H,57,58)/b13-11+,15-12+,33-16?,37-26+/t32-,34-,35-,36-,38-,39+,40?,41+,43?,44+,45+,46-,49-,50+,54-/m1/s1. The molecule has 16 heteroatoms. The van der Waals surface area contributed by atoms with E-state index >= 15 is 0 Å². The van der Waals surface area contributed by atoms with Crippen LogP contribution in [0.4, 0.5) is 0 Å². The van der Waals surface area contributed by atoms with Gasteiger partial charge in [-0.05, 0) is 101 Å². The van der Waals surface area contributed by atoms with Crippen LogP contribution in [0.2, 0.25) is 0 Å². The summed E-state index contributed by atoms with van der Waals surface area (Å²) in [5.74, 6) is -9.41. The summed E-state index contributed by atoms with van der Waals surface area (Å²) in [6.45, 7) is 12.8. The lowest BCUT2D eigenvalue weighted by Crippen LogP contribution is -2.59. The highest BCUT2D eigenvalue weighted by Crippen LogP contribution is 2.38. The van der Waals surface area contributed by atoms with Crippen LogP contribution < -0.4 is 0 Å². The Labute approximate surface area is 415 Å². The topological polar surface area (TPSA) is 222 Å². The molecule has 2 saturated heterocycles. The van der Waals surface area contributed by atoms with Crippen molar-refractivity contribution in [3.63, 3.8) is 0 Å². The maximum Gasteiger partial charge on any atom is 0.311 e. The molecule has 3 fully saturated rings. The third-order valence-electron chi connectivity index (χ3n) is 15.1. The first-order valence-electron chi connectivity index (χ1n) is 25.4. The summed E-state index contributed by atoms with van der Waals surface area (Å²) < 4.78 is 35.5. The second-order valence-electron chi connectivity index (χ2n) is 20.7. The molecule has 0 aromatic carbocycles. The van der Waals surface area contributed by atoms with Crippen molar-refractivity contribution in [1.29, 1.82) is 0 Å². The highest BCUT2D eigenvalue weighted by atomic mass is 16.6. The SMILES string of the molecule is CO[C@H]1C[C@@H]2CC[C@@H](C)[C@@](O)(O2)C(=O)C(=O)N2CCCC(C2)C(=O)O[C@H]([C@H](C)C[C@@H]2CCC(OCCC(=O)O)[C@H](OC)C2)CC(=O)[C@H](C)/C=C(\C)[C@@H](O)[C@@H](OC)C(=O)[C@H](C)C[C@H](C)/C=C/C=C/C=C1C. The molecule has 0 aromatic rings. The number of methoxy groups -OCH3 is 3. The quantitative estimate of drug-likeness (QED) is 0.120. The Bertz CT molecular complexity index is 1910. The zero-order valence-corrected chi connectivity index (χ0v) is 43.3. The number of ether oxygens (including phenoxy) is 6. The van der Waals surface area contributed by atoms with E-state index in [2.05, 4.69) is 0 Å². The Balaban J connectivity index is 1.64. The summed E-state index contributed by atoms with van der Waals surface area (Å²) in [6, 6.07) is 0. The number of carbonyl (C=O) groups excluding carboxylic acids is 5. The molecule has 3 aliphatic heterocycles. The van der Waals surface area contributed by atoms with Gasteiger partial charge in [-0.2, -0.15) is 0 Å². The van der Waals surface area contributed by atoms with Gasteiger partial charge in [-0.25, -0.2) is 0 Å². The Morgan fingerprint density at radius 2 is 1.61 bits per heavy atom. The molecule has 1 amide bonds. The van der Waals surface area contributed by atoms with E-state index < -0.39 is 83.6 Å². The van der Waals surface area contributed by atoms with Crippen LogP contribution in [0, 0.1) is 41.4 Å². The number of aliphatic carboxylic acids is 1. The molecule has 70 heavy (non-hydrogen) atoms. The van der Waals surface area contributed by atoms with E-state index in [0.29, 0.717) is 63.4 Å². The number of aliphatic hydroxyl groups excluding tert-OH is 1. The van der Waals surface area contributed by atoms with E-state index in [0.717, 1.165) is 12.0 Å². The van der Waals surface area contributed by atoms with Gasteiger partial charge < -0.3 is 48.6 Å². The van der Waals surface area contributed by atoms with Gasteiger partial charge in [0.25, 0.3) is 11.7 Å². The van der Waals surface area contributed by atoms with Gasteiger partial charge in [0.05, 0.1) is 43.4 Å². The Morgan fingerprint density at radius 1 is 0.886 bits per heavy atom. The number of nitrogens with zero attached hydrogens (tertiary/aromatic N) is 1. The number of ketones is 3. The Kier molecular flexibility index (Phi) is 23.3. The number of cyclic esters (lactones) is 1. The molecule has 3 heterocycles. The van der Waals surface area contributed by atoms with E-state index in [-0.39, 0.29) is 74.1 Å². The average molecular weight is 986 g/mol. The molecule has 0 spiro atoms. The first-order valence-corrected chi connectivity index (χ1v) is 25.4. The van der Waals surface area contributed by atoms with Crippen molar-refractivity contribution in [2.24, 2.45) is 41.4 Å². The van der Waals surface area contributed by atoms with E-state index in [9.17, 15) is 39.0 Å². The summed E-state index contributed by atoms with van der Waals surface area (Å²) in [6.07, 6.45) is 11.0. The van der Waals surface area contributed by atoms with Crippen molar-refractivity contribution in [3.05, 3.63) is 47.6 Å². The average Bonchev–Trinajstić information content (AvgIpc) is 3.33. The molecule has 2 unspecified atom stereocenters. The lowest BCUT2D eigenvalue weighted by molar-refractivity contribution is -0.265. The molecule has 4 aliphatic rings. The fraction of sp³-hybridized carbons (Fsp3) is 0.741. The second-order valence-corrected chi connectivity index (χ2v) is 20.7. The zero-order valence-electron chi connectivity index (χ0n) is 43.3. The van der Waals surface area contributed by atoms with Crippen molar-refractivity contribution in [1.82, 2.24) is 4.90 Å². The largest absolute Gasteiger partial charge is 0.481 e. The predicted octanol–water partition coefficient (Wildman–Crippen LogP) is 6.54. The number of piperidine rings is 1. The van der Waals surface area contributed by atoms with Crippen LogP contribution in [-0.4, -0.2) is 145 Å². The van der Waals surface area contributed by atoms with Crippen LogP contribution in [-0.2, 0) is 57.2 Å². The molecular weight excluding hydrogens is 903 g/mol. The highest BCUT2D eigenvalue weighted by molar-refractivity contribution is 6.38. The van der Waals surface area contributed by atoms with Gasteiger partial charge in [0, 0.05) is 65.0 Å². The molecule has 0 radical (unpaired) electrons. The van der Waals surface area contributed by atoms with Gasteiger partial charge in [-0.1, -0.05) is 71.1 Å². The van der Waals surface area contributed by atoms with Crippen molar-refractivity contribution in [2.45, 2.75) is 174 Å². The predicted molar refractivity (Wildman–Crippen MR) is 261 cm³/mol. The van der Waals surface area contributed by atoms with Gasteiger partial charge in [0.15, 0.2) is 5.78 Å². The van der Waals surface area contributed by atoms with Crippen molar-refractivity contribution in [2.75, 3.05) is 41.0 Å². The fourth-order valence-electron chi connectivity index (χ4n) is 10.6. The van der Waals surface area contributed by atoms with Crippen molar-refractivity contribution < 1.29 is 72.5 Å². The highest BCUT2D eigenvalue weighted by Gasteiger charge is 2.52. The second kappa shape index (κ2) is 27.8. The minimum absolute atomic E-state index is 0.00514. The number of esters is 1. The van der Waals surface area contributed by atoms with E-state index in [1.165, 1.54) is 12.0 Å². The van der Waals surface area contributed by atoms with Crippen LogP contribution in [0.25, 0.3) is 0 Å². The minimum Gasteiger partial charge on any atom is -0.481 e. The molecule has 16 nitrogen and oxygen atoms in total. The molecule has 394 valence electrons. The normalized spacial score (nSPS) is 37.6. The van der Waals surface area contributed by atoms with Crippen LogP contribution in [0.1, 0.15) is 126 Å². The third-order valence-corrected chi connectivity index (χ3v) is 15.1. The number of hydrogen-bond donors (Lipinski definition) is 3. The summed E-state index contributed by atoms with van der Waals surface area (Å²) in [5, 5.41) is 32.4. The molecule has 15 atom stereocenters. The Morgan fingerprint density at radius 3 is 2.29 bits per heavy atom. The van der Waals surface area contributed by atoms with Gasteiger partial charge >= 0.3 is 11.9 Å². The molecule has 3 N–H and O–H groups in total. The van der Waals surface area contributed by atoms with E-state index in [4.69, 9.17) is 33.5 Å². The van der Waals surface area contributed by atoms with Crippen LogP contribution in [0.15, 0.2) is 47.6 Å². The molecule has 0 aromatic heterocycles. The number of amides is 1. The summed E-state index contributed by atoms with van der Waals surface area (Å²) in [7, 11) is 4.54. The first-order chi connectivity index (χ1) is 33.1. The number of carboxylic acids is 1. The first kappa shape index (κ1) is 58.7. The lowest BCUT2D eigenvalue weighted by Gasteiger charge is -2.42. The number of Topliss-reactive ketones (excluding diaryl/α,β-unsaturated/α-hetero) is 3. The van der Waals surface area contributed by atoms with Crippen LogP contribution in [0.3, 0.4) is 0 Å². The van der Waals surface area contributed by atoms with E-state index in [1.807, 2.05) is 58.1 Å². The number of aliphatic hydroxyl groups is 2. The molecule has 1 aliphatic carbocycles. The van der Waals surface area contributed by atoms with Crippen molar-refractivity contribution >= 4 is 35.2 Å². The maximum absolute atomic E-state index is 14.2. The van der Waals surface area contributed by atoms with Crippen LogP contribution in [0.5, 0.6) is 0 Å².